The maximum Gasteiger partial charge on any atom is 0.286 e. The molecule has 2 aliphatic rings. The SMILES string of the molecule is Cc1ccccc1[C@@H](C#Cc1ccccc1)NP1(=O)N(C(C)C)[C@@H]2CCCC[C@H]2N1C(C)C. The summed E-state index contributed by atoms with van der Waals surface area (Å²) in [7, 11) is -3.06. The molecule has 1 N–H and O–H groups in total. The molecule has 5 heteroatoms. The van der Waals surface area contributed by atoms with Crippen molar-refractivity contribution in [3.05, 3.63) is 71.3 Å². The standard InChI is InChI=1S/C28H38N3OP/c1-21(2)30-27-17-11-12-18-28(27)31(22(3)4)33(30,32)29-26(25-16-10-9-13-23(25)5)20-19-24-14-7-6-8-15-24/h6-10,13-16,21-22,26-28H,11-12,17-18H2,1-5H3,(H,29,32)/t26-,27-,28-/m1/s1. The topological polar surface area (TPSA) is 35.6 Å². The summed E-state index contributed by atoms with van der Waals surface area (Å²) < 4.78 is 19.7. The van der Waals surface area contributed by atoms with Crippen molar-refractivity contribution in [2.24, 2.45) is 0 Å². The van der Waals surface area contributed by atoms with Gasteiger partial charge in [-0.3, -0.25) is 4.57 Å². The van der Waals surface area contributed by atoms with Crippen LogP contribution in [0.5, 0.6) is 0 Å². The fraction of sp³-hybridized carbons (Fsp3) is 0.500. The third-order valence-electron chi connectivity index (χ3n) is 6.99. The van der Waals surface area contributed by atoms with Gasteiger partial charge in [0.2, 0.25) is 0 Å². The third-order valence-corrected chi connectivity index (χ3v) is 10.4. The molecular weight excluding hydrogens is 425 g/mol. The number of hydrogen-bond donors (Lipinski definition) is 1. The van der Waals surface area contributed by atoms with Gasteiger partial charge in [0.15, 0.2) is 0 Å². The molecule has 0 spiro atoms. The molecule has 3 atom stereocenters. The Morgan fingerprint density at radius 3 is 1.97 bits per heavy atom. The fourth-order valence-electron chi connectivity index (χ4n) is 5.69. The van der Waals surface area contributed by atoms with Crippen LogP contribution in [-0.2, 0) is 4.57 Å². The molecule has 0 bridgehead atoms. The van der Waals surface area contributed by atoms with Gasteiger partial charge in [-0.25, -0.2) is 14.4 Å². The highest BCUT2D eigenvalue weighted by atomic mass is 31.2. The van der Waals surface area contributed by atoms with Crippen molar-refractivity contribution >= 4 is 7.59 Å². The van der Waals surface area contributed by atoms with Gasteiger partial charge < -0.3 is 0 Å². The van der Waals surface area contributed by atoms with Crippen LogP contribution in [0.3, 0.4) is 0 Å². The molecule has 1 saturated carbocycles. The number of fused-ring (bicyclic) bond motifs is 1. The lowest BCUT2D eigenvalue weighted by atomic mass is 9.89. The zero-order chi connectivity index (χ0) is 23.6. The number of aryl methyl sites for hydroxylation is 1. The van der Waals surface area contributed by atoms with Gasteiger partial charge in [0.1, 0.15) is 6.04 Å². The molecule has 0 aromatic heterocycles. The molecule has 1 heterocycles. The molecule has 2 aromatic carbocycles. The van der Waals surface area contributed by atoms with Crippen molar-refractivity contribution in [1.29, 1.82) is 0 Å². The van der Waals surface area contributed by atoms with Crippen molar-refractivity contribution in [2.75, 3.05) is 0 Å². The summed E-state index contributed by atoms with van der Waals surface area (Å²) in [6.07, 6.45) is 4.65. The number of hydrogen-bond acceptors (Lipinski definition) is 1. The maximum absolute atomic E-state index is 15.1. The first-order chi connectivity index (χ1) is 15.8. The van der Waals surface area contributed by atoms with Gasteiger partial charge in [-0.1, -0.05) is 67.1 Å². The van der Waals surface area contributed by atoms with E-state index in [2.05, 4.69) is 73.0 Å². The lowest BCUT2D eigenvalue weighted by molar-refractivity contribution is 0.173. The predicted octanol–water partition coefficient (Wildman–Crippen LogP) is 6.53. The van der Waals surface area contributed by atoms with E-state index in [1.54, 1.807) is 0 Å². The van der Waals surface area contributed by atoms with Crippen LogP contribution >= 0.6 is 7.59 Å². The molecule has 33 heavy (non-hydrogen) atoms. The van der Waals surface area contributed by atoms with Gasteiger partial charge in [-0.05, 0) is 70.7 Å². The van der Waals surface area contributed by atoms with E-state index >= 15 is 4.57 Å². The summed E-state index contributed by atoms with van der Waals surface area (Å²) in [4.78, 5) is 0. The largest absolute Gasteiger partial charge is 0.286 e. The molecule has 1 aliphatic heterocycles. The first-order valence-corrected chi connectivity index (χ1v) is 14.0. The zero-order valence-electron chi connectivity index (χ0n) is 20.7. The Balaban J connectivity index is 1.79. The van der Waals surface area contributed by atoms with Crippen LogP contribution in [0.4, 0.5) is 0 Å². The minimum absolute atomic E-state index is 0.192. The molecule has 0 unspecified atom stereocenters. The van der Waals surface area contributed by atoms with Gasteiger partial charge in [0.25, 0.3) is 7.59 Å². The summed E-state index contributed by atoms with van der Waals surface area (Å²) in [5, 5.41) is 3.67. The van der Waals surface area contributed by atoms with Gasteiger partial charge in [-0.2, -0.15) is 0 Å². The second-order valence-electron chi connectivity index (χ2n) is 9.96. The predicted molar refractivity (Wildman–Crippen MR) is 138 cm³/mol. The van der Waals surface area contributed by atoms with Crippen LogP contribution in [0.2, 0.25) is 0 Å². The van der Waals surface area contributed by atoms with Crippen molar-refractivity contribution in [2.45, 2.75) is 90.5 Å². The Kier molecular flexibility index (Phi) is 7.46. The van der Waals surface area contributed by atoms with E-state index in [1.165, 1.54) is 12.8 Å². The molecule has 1 saturated heterocycles. The minimum atomic E-state index is -3.06. The van der Waals surface area contributed by atoms with Crippen molar-refractivity contribution in [3.63, 3.8) is 0 Å². The summed E-state index contributed by atoms with van der Waals surface area (Å²) in [6.45, 7) is 10.8. The lowest BCUT2D eigenvalue weighted by Gasteiger charge is -2.38. The molecule has 4 rings (SSSR count). The van der Waals surface area contributed by atoms with E-state index in [0.29, 0.717) is 12.1 Å². The Labute approximate surface area is 200 Å². The van der Waals surface area contributed by atoms with E-state index in [9.17, 15) is 0 Å². The number of rotatable bonds is 5. The molecular formula is C28H38N3OP. The lowest BCUT2D eigenvalue weighted by Crippen LogP contribution is -2.43. The number of nitrogens with one attached hydrogen (secondary N) is 1. The average molecular weight is 464 g/mol. The van der Waals surface area contributed by atoms with E-state index in [-0.39, 0.29) is 18.1 Å². The first-order valence-electron chi connectivity index (χ1n) is 12.4. The maximum atomic E-state index is 15.1. The highest BCUT2D eigenvalue weighted by Crippen LogP contribution is 2.63. The summed E-state index contributed by atoms with van der Waals surface area (Å²) >= 11 is 0. The summed E-state index contributed by atoms with van der Waals surface area (Å²) in [5.41, 5.74) is 3.23. The van der Waals surface area contributed by atoms with Crippen LogP contribution in [0, 0.1) is 18.8 Å². The highest BCUT2D eigenvalue weighted by molar-refractivity contribution is 7.57. The Morgan fingerprint density at radius 1 is 0.879 bits per heavy atom. The third kappa shape index (κ3) is 4.84. The number of benzene rings is 2. The van der Waals surface area contributed by atoms with Gasteiger partial charge in [0, 0.05) is 29.7 Å². The molecule has 2 fully saturated rings. The van der Waals surface area contributed by atoms with Crippen LogP contribution in [0.15, 0.2) is 54.6 Å². The van der Waals surface area contributed by atoms with Crippen molar-refractivity contribution in [3.8, 4) is 11.8 Å². The Morgan fingerprint density at radius 2 is 1.42 bits per heavy atom. The van der Waals surface area contributed by atoms with Crippen LogP contribution in [0.25, 0.3) is 0 Å². The van der Waals surface area contributed by atoms with E-state index < -0.39 is 7.59 Å². The van der Waals surface area contributed by atoms with Crippen LogP contribution in [-0.4, -0.2) is 33.5 Å². The zero-order valence-corrected chi connectivity index (χ0v) is 21.6. The van der Waals surface area contributed by atoms with Crippen LogP contribution in [0.1, 0.15) is 76.1 Å². The quantitative estimate of drug-likeness (QED) is 0.404. The van der Waals surface area contributed by atoms with Gasteiger partial charge in [-0.15, -0.1) is 0 Å². The molecule has 2 aromatic rings. The normalized spacial score (nSPS) is 23.8. The second-order valence-corrected chi connectivity index (χ2v) is 12.2. The number of nitrogens with zero attached hydrogens (tertiary/aromatic N) is 2. The molecule has 4 nitrogen and oxygen atoms in total. The average Bonchev–Trinajstić information content (AvgIpc) is 3.06. The minimum Gasteiger partial charge on any atom is -0.270 e. The molecule has 0 radical (unpaired) electrons. The van der Waals surface area contributed by atoms with Crippen molar-refractivity contribution in [1.82, 2.24) is 14.4 Å². The van der Waals surface area contributed by atoms with Gasteiger partial charge >= 0.3 is 0 Å². The Bertz CT molecular complexity index is 1030. The second kappa shape index (κ2) is 10.2. The summed E-state index contributed by atoms with van der Waals surface area (Å²) in [5.74, 6) is 6.80. The van der Waals surface area contributed by atoms with Gasteiger partial charge in [0.05, 0.1) is 0 Å². The van der Waals surface area contributed by atoms with E-state index in [0.717, 1.165) is 29.5 Å². The summed E-state index contributed by atoms with van der Waals surface area (Å²) in [6, 6.07) is 19.1. The highest BCUT2D eigenvalue weighted by Gasteiger charge is 2.57. The smallest absolute Gasteiger partial charge is 0.270 e. The van der Waals surface area contributed by atoms with E-state index in [1.807, 2.05) is 42.5 Å². The fourth-order valence-corrected chi connectivity index (χ4v) is 9.33. The molecule has 1 aliphatic carbocycles. The van der Waals surface area contributed by atoms with E-state index in [4.69, 9.17) is 0 Å². The molecule has 176 valence electrons. The molecule has 0 amide bonds. The Hall–Kier alpha value is -1.89. The van der Waals surface area contributed by atoms with Crippen LogP contribution < -0.4 is 5.09 Å². The first kappa shape index (κ1) is 24.2. The van der Waals surface area contributed by atoms with Crippen molar-refractivity contribution < 1.29 is 4.57 Å². The monoisotopic (exact) mass is 463 g/mol.